The van der Waals surface area contributed by atoms with Gasteiger partial charge in [0.25, 0.3) is 0 Å². The molecule has 1 heterocycles. The Morgan fingerprint density at radius 3 is 2.41 bits per heavy atom. The lowest BCUT2D eigenvalue weighted by Gasteiger charge is -2.46. The Labute approximate surface area is 135 Å². The van der Waals surface area contributed by atoms with Crippen LogP contribution in [0, 0.1) is 23.7 Å². The summed E-state index contributed by atoms with van der Waals surface area (Å²) < 4.78 is 0. The van der Waals surface area contributed by atoms with Crippen LogP contribution in [0.15, 0.2) is 0 Å². The summed E-state index contributed by atoms with van der Waals surface area (Å²) in [6.45, 7) is 4.49. The zero-order valence-corrected chi connectivity index (χ0v) is 14.5. The van der Waals surface area contributed by atoms with Crippen molar-refractivity contribution in [1.29, 1.82) is 0 Å². The summed E-state index contributed by atoms with van der Waals surface area (Å²) in [5.74, 6) is 2.37. The fourth-order valence-electron chi connectivity index (χ4n) is 5.36. The molecule has 0 aromatic carbocycles. The fourth-order valence-corrected chi connectivity index (χ4v) is 5.36. The lowest BCUT2D eigenvalue weighted by Crippen LogP contribution is -2.53. The highest BCUT2D eigenvalue weighted by Crippen LogP contribution is 2.42. The third kappa shape index (κ3) is 3.05. The number of hydrogen-bond donors (Lipinski definition) is 1. The Bertz CT molecular complexity index is 399. The Hall–Kier alpha value is -0.610. The molecule has 1 saturated heterocycles. The molecule has 4 heteroatoms. The number of nitrogens with two attached hydrogens (primary N) is 1. The number of carbonyl (C=O) groups excluding carboxylic acids is 1. The topological polar surface area (TPSA) is 49.6 Å². The van der Waals surface area contributed by atoms with E-state index in [2.05, 4.69) is 23.8 Å². The molecule has 3 aliphatic rings. The molecule has 2 saturated carbocycles. The van der Waals surface area contributed by atoms with Crippen molar-refractivity contribution in [2.24, 2.45) is 29.4 Å². The molecule has 1 amide bonds. The van der Waals surface area contributed by atoms with Gasteiger partial charge in [0.2, 0.25) is 5.91 Å². The molecule has 4 nitrogen and oxygen atoms in total. The zero-order chi connectivity index (χ0) is 15.9. The zero-order valence-electron chi connectivity index (χ0n) is 14.5. The second kappa shape index (κ2) is 6.48. The van der Waals surface area contributed by atoms with Crippen LogP contribution in [0.3, 0.4) is 0 Å². The summed E-state index contributed by atoms with van der Waals surface area (Å²) in [5, 5.41) is 0. The number of likely N-dealkylation sites (tertiary alicyclic amines) is 1. The van der Waals surface area contributed by atoms with Gasteiger partial charge in [0.15, 0.2) is 0 Å². The molecule has 3 rings (SSSR count). The second-order valence-corrected chi connectivity index (χ2v) is 8.24. The second-order valence-electron chi connectivity index (χ2n) is 8.24. The van der Waals surface area contributed by atoms with E-state index in [0.717, 1.165) is 32.4 Å². The lowest BCUT2D eigenvalue weighted by molar-refractivity contribution is -0.141. The minimum Gasteiger partial charge on any atom is -0.342 e. The van der Waals surface area contributed by atoms with Crippen LogP contribution < -0.4 is 5.73 Å². The van der Waals surface area contributed by atoms with Crippen molar-refractivity contribution >= 4 is 5.91 Å². The fraction of sp³-hybridized carbons (Fsp3) is 0.944. The van der Waals surface area contributed by atoms with Crippen LogP contribution >= 0.6 is 0 Å². The molecule has 4 atom stereocenters. The summed E-state index contributed by atoms with van der Waals surface area (Å²) in [6, 6.07) is 0.768. The van der Waals surface area contributed by atoms with Gasteiger partial charge in [-0.15, -0.1) is 0 Å². The third-order valence-electron chi connectivity index (χ3n) is 6.67. The maximum atomic E-state index is 13.0. The summed E-state index contributed by atoms with van der Waals surface area (Å²) in [5.41, 5.74) is 6.37. The van der Waals surface area contributed by atoms with Crippen molar-refractivity contribution in [3.05, 3.63) is 0 Å². The van der Waals surface area contributed by atoms with Gasteiger partial charge in [0, 0.05) is 31.6 Å². The summed E-state index contributed by atoms with van der Waals surface area (Å²) in [6.07, 6.45) is 6.94. The van der Waals surface area contributed by atoms with E-state index in [4.69, 9.17) is 5.73 Å². The highest BCUT2D eigenvalue weighted by molar-refractivity contribution is 5.79. The molecule has 0 spiro atoms. The minimum atomic E-state index is 0.229. The van der Waals surface area contributed by atoms with Crippen LogP contribution in [-0.2, 0) is 4.79 Å². The largest absolute Gasteiger partial charge is 0.342 e. The van der Waals surface area contributed by atoms with Crippen molar-refractivity contribution in [2.45, 2.75) is 57.5 Å². The summed E-state index contributed by atoms with van der Waals surface area (Å²) in [4.78, 5) is 17.5. The maximum absolute atomic E-state index is 13.0. The molecule has 22 heavy (non-hydrogen) atoms. The van der Waals surface area contributed by atoms with E-state index in [1.807, 2.05) is 7.05 Å². The predicted octanol–water partition coefficient (Wildman–Crippen LogP) is 1.94. The van der Waals surface area contributed by atoms with Gasteiger partial charge in [0.1, 0.15) is 0 Å². The monoisotopic (exact) mass is 307 g/mol. The molecule has 4 unspecified atom stereocenters. The molecule has 126 valence electrons. The number of rotatable bonds is 2. The van der Waals surface area contributed by atoms with Crippen LogP contribution in [0.25, 0.3) is 0 Å². The van der Waals surface area contributed by atoms with Crippen LogP contribution in [0.5, 0.6) is 0 Å². The molecule has 2 N–H and O–H groups in total. The van der Waals surface area contributed by atoms with Gasteiger partial charge in [-0.2, -0.15) is 0 Å². The molecular weight excluding hydrogens is 274 g/mol. The number of amides is 1. The van der Waals surface area contributed by atoms with E-state index in [-0.39, 0.29) is 5.92 Å². The molecule has 0 aromatic rings. The average Bonchev–Trinajstić information content (AvgIpc) is 2.45. The Morgan fingerprint density at radius 2 is 1.82 bits per heavy atom. The summed E-state index contributed by atoms with van der Waals surface area (Å²) >= 11 is 0. The Kier molecular flexibility index (Phi) is 4.79. The van der Waals surface area contributed by atoms with Crippen molar-refractivity contribution in [3.8, 4) is 0 Å². The summed E-state index contributed by atoms with van der Waals surface area (Å²) in [7, 11) is 4.22. The van der Waals surface area contributed by atoms with E-state index >= 15 is 0 Å². The molecule has 0 radical (unpaired) electrons. The minimum absolute atomic E-state index is 0.229. The quantitative estimate of drug-likeness (QED) is 0.848. The smallest absolute Gasteiger partial charge is 0.225 e. The molecule has 3 fully saturated rings. The highest BCUT2D eigenvalue weighted by Gasteiger charge is 2.42. The van der Waals surface area contributed by atoms with Gasteiger partial charge in [0.05, 0.1) is 0 Å². The van der Waals surface area contributed by atoms with Crippen LogP contribution in [0.2, 0.25) is 0 Å². The lowest BCUT2D eigenvalue weighted by atomic mass is 9.65. The van der Waals surface area contributed by atoms with Crippen molar-refractivity contribution < 1.29 is 4.79 Å². The van der Waals surface area contributed by atoms with Gasteiger partial charge >= 0.3 is 0 Å². The number of carbonyl (C=O) groups is 1. The third-order valence-corrected chi connectivity index (χ3v) is 6.67. The van der Waals surface area contributed by atoms with E-state index in [9.17, 15) is 4.79 Å². The Balaban J connectivity index is 1.63. The molecule has 2 bridgehead atoms. The van der Waals surface area contributed by atoms with E-state index in [0.29, 0.717) is 35.7 Å². The van der Waals surface area contributed by atoms with Gasteiger partial charge in [-0.1, -0.05) is 13.3 Å². The number of piperidine rings is 1. The standard InChI is InChI=1S/C18H33N3O/c1-12-11-20(2)8-7-16(12)21(3)18(22)15-9-13-5-4-6-14(10-15)17(13)19/h12-17H,4-11,19H2,1-3H3. The first kappa shape index (κ1) is 16.3. The van der Waals surface area contributed by atoms with Crippen LogP contribution in [-0.4, -0.2) is 55.0 Å². The van der Waals surface area contributed by atoms with Gasteiger partial charge < -0.3 is 15.5 Å². The molecule has 0 aromatic heterocycles. The van der Waals surface area contributed by atoms with Gasteiger partial charge in [-0.25, -0.2) is 0 Å². The van der Waals surface area contributed by atoms with Gasteiger partial charge in [-0.05, 0) is 63.5 Å². The first-order chi connectivity index (χ1) is 10.5. The van der Waals surface area contributed by atoms with Crippen molar-refractivity contribution in [1.82, 2.24) is 9.80 Å². The normalized spacial score (nSPS) is 42.9. The van der Waals surface area contributed by atoms with E-state index < -0.39 is 0 Å². The van der Waals surface area contributed by atoms with E-state index in [1.54, 1.807) is 0 Å². The molecular formula is C18H33N3O. The van der Waals surface area contributed by atoms with Gasteiger partial charge in [-0.3, -0.25) is 4.79 Å². The van der Waals surface area contributed by atoms with E-state index in [1.165, 1.54) is 19.3 Å². The number of fused-ring (bicyclic) bond motifs is 2. The molecule has 1 aliphatic heterocycles. The first-order valence-corrected chi connectivity index (χ1v) is 9.18. The maximum Gasteiger partial charge on any atom is 0.225 e. The SMILES string of the molecule is CC1CN(C)CCC1N(C)C(=O)C1CC2CCCC(C1)C2N. The first-order valence-electron chi connectivity index (χ1n) is 9.18. The average molecular weight is 307 g/mol. The highest BCUT2D eigenvalue weighted by atomic mass is 16.2. The predicted molar refractivity (Wildman–Crippen MR) is 89.4 cm³/mol. The van der Waals surface area contributed by atoms with Crippen molar-refractivity contribution in [2.75, 3.05) is 27.2 Å². The molecule has 2 aliphatic carbocycles. The van der Waals surface area contributed by atoms with Crippen LogP contribution in [0.4, 0.5) is 0 Å². The Morgan fingerprint density at radius 1 is 1.18 bits per heavy atom. The number of hydrogen-bond acceptors (Lipinski definition) is 3. The van der Waals surface area contributed by atoms with Crippen molar-refractivity contribution in [3.63, 3.8) is 0 Å². The number of nitrogens with zero attached hydrogens (tertiary/aromatic N) is 2. The van der Waals surface area contributed by atoms with Crippen LogP contribution in [0.1, 0.15) is 45.4 Å².